The van der Waals surface area contributed by atoms with Crippen LogP contribution in [0.2, 0.25) is 0 Å². The van der Waals surface area contributed by atoms with Gasteiger partial charge in [0.05, 0.1) is 18.3 Å². The number of rotatable bonds is 12. The third kappa shape index (κ3) is 7.82. The molecule has 0 saturated heterocycles. The SMILES string of the molecule is Cc1ccc(/C=C/C(O)CCC2[C@H](O)C[C@H](O)[C@@H]2CCCCCCC(=O)O)c(F)c1. The van der Waals surface area contributed by atoms with E-state index in [-0.39, 0.29) is 24.1 Å². The van der Waals surface area contributed by atoms with E-state index >= 15 is 0 Å². The lowest BCUT2D eigenvalue weighted by Gasteiger charge is -2.24. The van der Waals surface area contributed by atoms with E-state index in [4.69, 9.17) is 5.11 Å². The van der Waals surface area contributed by atoms with Crippen molar-refractivity contribution in [1.82, 2.24) is 0 Å². The van der Waals surface area contributed by atoms with Crippen molar-refractivity contribution in [3.05, 3.63) is 41.2 Å². The predicted octanol–water partition coefficient (Wildman–Crippen LogP) is 4.07. The highest BCUT2D eigenvalue weighted by atomic mass is 19.1. The normalized spacial score (nSPS) is 25.1. The first kappa shape index (κ1) is 24.5. The maximum absolute atomic E-state index is 13.9. The summed E-state index contributed by atoms with van der Waals surface area (Å²) in [6.45, 7) is 1.82. The molecule has 2 rings (SSSR count). The molecule has 0 bridgehead atoms. The molecular weight excluding hydrogens is 387 g/mol. The van der Waals surface area contributed by atoms with Crippen molar-refractivity contribution in [1.29, 1.82) is 0 Å². The smallest absolute Gasteiger partial charge is 0.303 e. The summed E-state index contributed by atoms with van der Waals surface area (Å²) in [6, 6.07) is 4.95. The Morgan fingerprint density at radius 2 is 1.80 bits per heavy atom. The number of halogens is 1. The Morgan fingerprint density at radius 1 is 1.13 bits per heavy atom. The van der Waals surface area contributed by atoms with Crippen LogP contribution >= 0.6 is 0 Å². The highest BCUT2D eigenvalue weighted by molar-refractivity contribution is 5.66. The monoisotopic (exact) mass is 422 g/mol. The number of hydrogen-bond acceptors (Lipinski definition) is 4. The molecule has 5 atom stereocenters. The average Bonchev–Trinajstić information content (AvgIpc) is 2.94. The molecule has 0 amide bonds. The molecule has 1 aliphatic rings. The number of aryl methyl sites for hydroxylation is 1. The van der Waals surface area contributed by atoms with E-state index in [1.807, 2.05) is 13.0 Å². The first-order chi connectivity index (χ1) is 14.3. The van der Waals surface area contributed by atoms with Gasteiger partial charge in [-0.05, 0) is 62.5 Å². The fourth-order valence-corrected chi connectivity index (χ4v) is 4.43. The quantitative estimate of drug-likeness (QED) is 0.381. The second-order valence-corrected chi connectivity index (χ2v) is 8.57. The molecule has 168 valence electrons. The summed E-state index contributed by atoms with van der Waals surface area (Å²) in [5, 5.41) is 39.6. The van der Waals surface area contributed by atoms with Gasteiger partial charge in [-0.15, -0.1) is 0 Å². The zero-order valence-electron chi connectivity index (χ0n) is 17.7. The van der Waals surface area contributed by atoms with Crippen LogP contribution in [0.25, 0.3) is 6.08 Å². The van der Waals surface area contributed by atoms with E-state index in [2.05, 4.69) is 0 Å². The predicted molar refractivity (Wildman–Crippen MR) is 114 cm³/mol. The van der Waals surface area contributed by atoms with Crippen LogP contribution < -0.4 is 0 Å². The number of unbranched alkanes of at least 4 members (excludes halogenated alkanes) is 3. The number of carboxylic acids is 1. The molecule has 0 spiro atoms. The summed E-state index contributed by atoms with van der Waals surface area (Å²) in [5.41, 5.74) is 1.27. The number of aliphatic hydroxyl groups is 3. The molecule has 1 aromatic rings. The van der Waals surface area contributed by atoms with Crippen LogP contribution in [0.3, 0.4) is 0 Å². The third-order valence-electron chi connectivity index (χ3n) is 6.15. The number of carbonyl (C=O) groups is 1. The fourth-order valence-electron chi connectivity index (χ4n) is 4.43. The summed E-state index contributed by atoms with van der Waals surface area (Å²) < 4.78 is 13.9. The van der Waals surface area contributed by atoms with Crippen molar-refractivity contribution in [3.63, 3.8) is 0 Å². The van der Waals surface area contributed by atoms with E-state index in [0.29, 0.717) is 31.2 Å². The molecule has 5 nitrogen and oxygen atoms in total. The minimum absolute atomic E-state index is 0.00908. The summed E-state index contributed by atoms with van der Waals surface area (Å²) >= 11 is 0. The van der Waals surface area contributed by atoms with Gasteiger partial charge in [0.15, 0.2) is 0 Å². The largest absolute Gasteiger partial charge is 0.481 e. The van der Waals surface area contributed by atoms with E-state index < -0.39 is 24.3 Å². The molecular formula is C24H35FO5. The Bertz CT molecular complexity index is 705. The van der Waals surface area contributed by atoms with Gasteiger partial charge in [-0.25, -0.2) is 4.39 Å². The molecule has 1 fully saturated rings. The van der Waals surface area contributed by atoms with Gasteiger partial charge in [-0.1, -0.05) is 43.5 Å². The maximum Gasteiger partial charge on any atom is 0.303 e. The molecule has 1 aromatic carbocycles. The molecule has 1 aliphatic carbocycles. The Kier molecular flexibility index (Phi) is 9.95. The lowest BCUT2D eigenvalue weighted by molar-refractivity contribution is -0.137. The van der Waals surface area contributed by atoms with Gasteiger partial charge >= 0.3 is 5.97 Å². The van der Waals surface area contributed by atoms with Crippen molar-refractivity contribution >= 4 is 12.0 Å². The van der Waals surface area contributed by atoms with Crippen LogP contribution in [0.1, 0.15) is 68.9 Å². The minimum Gasteiger partial charge on any atom is -0.481 e. The number of aliphatic carboxylic acids is 1. The van der Waals surface area contributed by atoms with Crippen LogP contribution in [0.5, 0.6) is 0 Å². The molecule has 2 unspecified atom stereocenters. The molecule has 0 aromatic heterocycles. The Morgan fingerprint density at radius 3 is 2.47 bits per heavy atom. The highest BCUT2D eigenvalue weighted by Crippen LogP contribution is 2.39. The second-order valence-electron chi connectivity index (χ2n) is 8.57. The van der Waals surface area contributed by atoms with Crippen LogP contribution in [-0.2, 0) is 4.79 Å². The van der Waals surface area contributed by atoms with E-state index in [1.54, 1.807) is 18.2 Å². The van der Waals surface area contributed by atoms with Gasteiger partial charge in [0, 0.05) is 12.0 Å². The highest BCUT2D eigenvalue weighted by Gasteiger charge is 2.40. The lowest BCUT2D eigenvalue weighted by atomic mass is 9.85. The summed E-state index contributed by atoms with van der Waals surface area (Å²) in [6.07, 6.45) is 6.95. The average molecular weight is 423 g/mol. The van der Waals surface area contributed by atoms with Crippen molar-refractivity contribution < 1.29 is 29.6 Å². The standard InChI is InChI=1S/C24H35FO5/c1-16-8-9-17(21(25)14-16)10-11-18(26)12-13-20-19(22(27)15-23(20)28)6-4-2-3-5-7-24(29)30/h8-11,14,18-20,22-23,26-28H,2-7,12-13,15H2,1H3,(H,29,30)/b11-10+/t18?,19-,20?,22+,23-/m1/s1. The molecule has 0 radical (unpaired) electrons. The molecule has 0 aliphatic heterocycles. The number of hydrogen-bond donors (Lipinski definition) is 4. The second kappa shape index (κ2) is 12.2. The molecule has 0 heterocycles. The van der Waals surface area contributed by atoms with Crippen LogP contribution in [-0.4, -0.2) is 44.7 Å². The Labute approximate surface area is 178 Å². The third-order valence-corrected chi connectivity index (χ3v) is 6.15. The van der Waals surface area contributed by atoms with E-state index in [1.165, 1.54) is 6.07 Å². The van der Waals surface area contributed by atoms with Crippen LogP contribution in [0.15, 0.2) is 24.3 Å². The number of aliphatic hydroxyl groups excluding tert-OH is 3. The van der Waals surface area contributed by atoms with Gasteiger partial charge in [0.25, 0.3) is 0 Å². The van der Waals surface area contributed by atoms with Crippen molar-refractivity contribution in [2.45, 2.75) is 83.0 Å². The van der Waals surface area contributed by atoms with Gasteiger partial charge in [0.2, 0.25) is 0 Å². The minimum atomic E-state index is -0.776. The van der Waals surface area contributed by atoms with E-state index in [0.717, 1.165) is 31.2 Å². The van der Waals surface area contributed by atoms with Crippen molar-refractivity contribution in [2.24, 2.45) is 11.8 Å². The number of benzene rings is 1. The molecule has 1 saturated carbocycles. The fraction of sp³-hybridized carbons (Fsp3) is 0.625. The van der Waals surface area contributed by atoms with Crippen molar-refractivity contribution in [3.8, 4) is 0 Å². The van der Waals surface area contributed by atoms with E-state index in [9.17, 15) is 24.5 Å². The Hall–Kier alpha value is -1.76. The Balaban J connectivity index is 1.79. The number of carboxylic acid groups (broad SMARTS) is 1. The summed E-state index contributed by atoms with van der Waals surface area (Å²) in [5.74, 6) is -1.18. The first-order valence-corrected chi connectivity index (χ1v) is 11.0. The van der Waals surface area contributed by atoms with Crippen molar-refractivity contribution in [2.75, 3.05) is 0 Å². The first-order valence-electron chi connectivity index (χ1n) is 11.0. The van der Waals surface area contributed by atoms with Gasteiger partial charge in [0.1, 0.15) is 5.82 Å². The molecule has 30 heavy (non-hydrogen) atoms. The van der Waals surface area contributed by atoms with Gasteiger partial charge < -0.3 is 20.4 Å². The van der Waals surface area contributed by atoms with Crippen LogP contribution in [0.4, 0.5) is 4.39 Å². The van der Waals surface area contributed by atoms with Gasteiger partial charge in [-0.2, -0.15) is 0 Å². The van der Waals surface area contributed by atoms with Gasteiger partial charge in [-0.3, -0.25) is 4.79 Å². The zero-order valence-corrected chi connectivity index (χ0v) is 17.7. The van der Waals surface area contributed by atoms with Crippen LogP contribution in [0, 0.1) is 24.6 Å². The summed E-state index contributed by atoms with van der Waals surface area (Å²) in [7, 11) is 0. The molecule has 4 N–H and O–H groups in total. The zero-order chi connectivity index (χ0) is 22.1. The molecule has 6 heteroatoms. The summed E-state index contributed by atoms with van der Waals surface area (Å²) in [4.78, 5) is 10.5. The maximum atomic E-state index is 13.9. The lowest BCUT2D eigenvalue weighted by Crippen LogP contribution is -2.23. The topological polar surface area (TPSA) is 98.0 Å².